The molecule has 1 aromatic carbocycles. The quantitative estimate of drug-likeness (QED) is 0.630. The molecule has 2 aliphatic rings. The number of hydrogen-bond acceptors (Lipinski definition) is 6. The lowest BCUT2D eigenvalue weighted by Crippen LogP contribution is -2.47. The minimum Gasteiger partial charge on any atom is -0.497 e. The summed E-state index contributed by atoms with van der Waals surface area (Å²) in [7, 11) is -2.05. The van der Waals surface area contributed by atoms with E-state index in [2.05, 4.69) is 0 Å². The summed E-state index contributed by atoms with van der Waals surface area (Å²) in [6.07, 6.45) is 2.25. The van der Waals surface area contributed by atoms with Gasteiger partial charge in [0.05, 0.1) is 24.5 Å². The largest absolute Gasteiger partial charge is 0.497 e. The second kappa shape index (κ2) is 9.78. The van der Waals surface area contributed by atoms with Crippen molar-refractivity contribution in [3.63, 3.8) is 0 Å². The number of hydrogen-bond donors (Lipinski definition) is 0. The molecule has 1 amide bonds. The van der Waals surface area contributed by atoms with Crippen molar-refractivity contribution in [2.75, 3.05) is 39.9 Å². The van der Waals surface area contributed by atoms with Gasteiger partial charge < -0.3 is 14.4 Å². The van der Waals surface area contributed by atoms with Gasteiger partial charge in [-0.3, -0.25) is 9.59 Å². The van der Waals surface area contributed by atoms with Crippen LogP contribution < -0.4 is 4.74 Å². The maximum Gasteiger partial charge on any atom is 0.309 e. The third kappa shape index (κ3) is 4.95. The van der Waals surface area contributed by atoms with Crippen molar-refractivity contribution in [2.45, 2.75) is 37.5 Å². The standard InChI is InChI=1S/C21H30N2O6S/c1-3-29-21(25)17-8-12-22(13-9-17)20(24)16-10-14-23(15-11-16)30(26,27)19-6-4-18(28-2)5-7-19/h4-7,16-17H,3,8-15H2,1-2H3. The fraction of sp³-hybridized carbons (Fsp3) is 0.619. The van der Waals surface area contributed by atoms with Crippen molar-refractivity contribution >= 4 is 21.9 Å². The Bertz CT molecular complexity index is 839. The van der Waals surface area contributed by atoms with Crippen LogP contribution in [0.3, 0.4) is 0 Å². The van der Waals surface area contributed by atoms with Crippen LogP contribution in [-0.4, -0.2) is 69.4 Å². The summed E-state index contributed by atoms with van der Waals surface area (Å²) in [5, 5.41) is 0. The maximum atomic E-state index is 12.9. The highest BCUT2D eigenvalue weighted by Gasteiger charge is 2.35. The van der Waals surface area contributed by atoms with E-state index in [0.29, 0.717) is 64.2 Å². The number of piperidine rings is 2. The molecule has 2 aliphatic heterocycles. The van der Waals surface area contributed by atoms with E-state index in [-0.39, 0.29) is 28.6 Å². The zero-order chi connectivity index (χ0) is 21.7. The summed E-state index contributed by atoms with van der Waals surface area (Å²) >= 11 is 0. The average Bonchev–Trinajstić information content (AvgIpc) is 2.79. The molecule has 0 spiro atoms. The molecule has 0 unspecified atom stereocenters. The van der Waals surface area contributed by atoms with Crippen LogP contribution in [0, 0.1) is 11.8 Å². The summed E-state index contributed by atoms with van der Waals surface area (Å²) in [4.78, 5) is 26.8. The molecule has 2 saturated heterocycles. The average molecular weight is 439 g/mol. The highest BCUT2D eigenvalue weighted by atomic mass is 32.2. The minimum absolute atomic E-state index is 0.0683. The minimum atomic E-state index is -3.58. The lowest BCUT2D eigenvalue weighted by molar-refractivity contribution is -0.152. The normalized spacial score (nSPS) is 19.5. The van der Waals surface area contributed by atoms with Crippen LogP contribution in [0.2, 0.25) is 0 Å². The van der Waals surface area contributed by atoms with E-state index in [1.165, 1.54) is 11.4 Å². The number of benzene rings is 1. The van der Waals surface area contributed by atoms with Gasteiger partial charge in [0.1, 0.15) is 5.75 Å². The SMILES string of the molecule is CCOC(=O)C1CCN(C(=O)C2CCN(S(=O)(=O)c3ccc(OC)cc3)CC2)CC1. The molecule has 0 aromatic heterocycles. The van der Waals surface area contributed by atoms with E-state index in [0.717, 1.165) is 0 Å². The lowest BCUT2D eigenvalue weighted by Gasteiger charge is -2.36. The molecule has 1 aromatic rings. The van der Waals surface area contributed by atoms with Crippen molar-refractivity contribution in [3.8, 4) is 5.75 Å². The number of amides is 1. The number of sulfonamides is 1. The number of carbonyl (C=O) groups is 2. The molecule has 30 heavy (non-hydrogen) atoms. The van der Waals surface area contributed by atoms with Gasteiger partial charge in [-0.2, -0.15) is 4.31 Å². The van der Waals surface area contributed by atoms with Gasteiger partial charge in [0.15, 0.2) is 0 Å². The van der Waals surface area contributed by atoms with Crippen LogP contribution in [0.15, 0.2) is 29.2 Å². The number of carbonyl (C=O) groups excluding carboxylic acids is 2. The van der Waals surface area contributed by atoms with Crippen LogP contribution in [0.25, 0.3) is 0 Å². The van der Waals surface area contributed by atoms with Gasteiger partial charge in [-0.1, -0.05) is 0 Å². The van der Waals surface area contributed by atoms with Crippen molar-refractivity contribution < 1.29 is 27.5 Å². The number of nitrogens with zero attached hydrogens (tertiary/aromatic N) is 2. The third-order valence-electron chi connectivity index (χ3n) is 5.93. The number of rotatable bonds is 6. The van der Waals surface area contributed by atoms with Crippen molar-refractivity contribution in [3.05, 3.63) is 24.3 Å². The first-order chi connectivity index (χ1) is 14.4. The Morgan fingerprint density at radius 1 is 0.967 bits per heavy atom. The van der Waals surface area contributed by atoms with Crippen molar-refractivity contribution in [2.24, 2.45) is 11.8 Å². The molecule has 2 fully saturated rings. The second-order valence-corrected chi connectivity index (χ2v) is 9.64. The van der Waals surface area contributed by atoms with E-state index in [1.54, 1.807) is 31.2 Å². The first kappa shape index (κ1) is 22.6. The Morgan fingerprint density at radius 2 is 1.53 bits per heavy atom. The summed E-state index contributed by atoms with van der Waals surface area (Å²) < 4.78 is 37.3. The molecule has 0 bridgehead atoms. The molecule has 0 atom stereocenters. The second-order valence-electron chi connectivity index (χ2n) is 7.71. The van der Waals surface area contributed by atoms with Gasteiger partial charge in [0.2, 0.25) is 15.9 Å². The molecule has 0 aliphatic carbocycles. The predicted molar refractivity (Wildman–Crippen MR) is 110 cm³/mol. The fourth-order valence-electron chi connectivity index (χ4n) is 4.09. The number of likely N-dealkylation sites (tertiary alicyclic amines) is 1. The first-order valence-electron chi connectivity index (χ1n) is 10.5. The van der Waals surface area contributed by atoms with Gasteiger partial charge in [0, 0.05) is 32.1 Å². The van der Waals surface area contributed by atoms with E-state index in [9.17, 15) is 18.0 Å². The van der Waals surface area contributed by atoms with Gasteiger partial charge in [0.25, 0.3) is 0 Å². The van der Waals surface area contributed by atoms with Crippen molar-refractivity contribution in [1.82, 2.24) is 9.21 Å². The Balaban J connectivity index is 1.52. The lowest BCUT2D eigenvalue weighted by atomic mass is 9.92. The highest BCUT2D eigenvalue weighted by Crippen LogP contribution is 2.28. The summed E-state index contributed by atoms with van der Waals surface area (Å²) in [5.74, 6) is 0.183. The smallest absolute Gasteiger partial charge is 0.309 e. The molecule has 8 nitrogen and oxygen atoms in total. The van der Waals surface area contributed by atoms with Gasteiger partial charge in [-0.05, 0) is 56.9 Å². The third-order valence-corrected chi connectivity index (χ3v) is 7.84. The Hall–Kier alpha value is -2.13. The van der Waals surface area contributed by atoms with E-state index >= 15 is 0 Å². The van der Waals surface area contributed by atoms with Gasteiger partial charge in [-0.15, -0.1) is 0 Å². The number of ether oxygens (including phenoxy) is 2. The van der Waals surface area contributed by atoms with Gasteiger partial charge in [-0.25, -0.2) is 8.42 Å². The topological polar surface area (TPSA) is 93.2 Å². The van der Waals surface area contributed by atoms with Gasteiger partial charge >= 0.3 is 5.97 Å². The first-order valence-corrected chi connectivity index (χ1v) is 11.9. The van der Waals surface area contributed by atoms with Crippen LogP contribution in [0.5, 0.6) is 5.75 Å². The zero-order valence-corrected chi connectivity index (χ0v) is 18.4. The summed E-state index contributed by atoms with van der Waals surface area (Å²) in [5.41, 5.74) is 0. The van der Waals surface area contributed by atoms with Crippen LogP contribution >= 0.6 is 0 Å². The highest BCUT2D eigenvalue weighted by molar-refractivity contribution is 7.89. The fourth-order valence-corrected chi connectivity index (χ4v) is 5.56. The molecule has 3 rings (SSSR count). The van der Waals surface area contributed by atoms with E-state index < -0.39 is 10.0 Å². The summed E-state index contributed by atoms with van der Waals surface area (Å²) in [6.45, 7) is 3.90. The molecule has 0 N–H and O–H groups in total. The Kier molecular flexibility index (Phi) is 7.36. The molecule has 166 valence electrons. The van der Waals surface area contributed by atoms with E-state index in [4.69, 9.17) is 9.47 Å². The summed E-state index contributed by atoms with van der Waals surface area (Å²) in [6, 6.07) is 6.34. The van der Waals surface area contributed by atoms with Crippen LogP contribution in [-0.2, 0) is 24.3 Å². The van der Waals surface area contributed by atoms with Crippen molar-refractivity contribution in [1.29, 1.82) is 0 Å². The molecule has 0 saturated carbocycles. The Morgan fingerprint density at radius 3 is 2.07 bits per heavy atom. The van der Waals surface area contributed by atoms with Crippen LogP contribution in [0.1, 0.15) is 32.6 Å². The number of esters is 1. The molecular weight excluding hydrogens is 408 g/mol. The molecular formula is C21H30N2O6S. The number of methoxy groups -OCH3 is 1. The molecule has 2 heterocycles. The predicted octanol–water partition coefficient (Wildman–Crippen LogP) is 1.90. The van der Waals surface area contributed by atoms with Crippen LogP contribution in [0.4, 0.5) is 0 Å². The molecule has 0 radical (unpaired) electrons. The monoisotopic (exact) mass is 438 g/mol. The zero-order valence-electron chi connectivity index (χ0n) is 17.6. The molecule has 9 heteroatoms. The maximum absolute atomic E-state index is 12.9. The van der Waals surface area contributed by atoms with E-state index in [1.807, 2.05) is 4.90 Å². The Labute approximate surface area is 178 Å².